The van der Waals surface area contributed by atoms with Gasteiger partial charge >= 0.3 is 5.97 Å². The molecular weight excluding hydrogens is 244 g/mol. The van der Waals surface area contributed by atoms with E-state index >= 15 is 0 Å². The number of esters is 1. The topological polar surface area (TPSA) is 64.8 Å². The van der Waals surface area contributed by atoms with Crippen molar-refractivity contribution >= 4 is 17.3 Å². The zero-order valence-corrected chi connectivity index (χ0v) is 12.0. The summed E-state index contributed by atoms with van der Waals surface area (Å²) >= 11 is 0. The summed E-state index contributed by atoms with van der Waals surface area (Å²) in [4.78, 5) is 14.0. The largest absolute Gasteiger partial charge is 0.459 e. The van der Waals surface area contributed by atoms with Gasteiger partial charge in [-0.05, 0) is 25.1 Å². The first kappa shape index (κ1) is 15.3. The second kappa shape index (κ2) is 6.99. The number of benzene rings is 1. The number of carbonyl (C=O) groups excluding carboxylic acids is 1. The van der Waals surface area contributed by atoms with Crippen molar-refractivity contribution in [1.82, 2.24) is 0 Å². The van der Waals surface area contributed by atoms with Crippen LogP contribution in [0, 0.1) is 0 Å². The van der Waals surface area contributed by atoms with Crippen molar-refractivity contribution in [2.75, 3.05) is 38.4 Å². The number of hydrogen-bond acceptors (Lipinski definition) is 5. The molecule has 1 unspecified atom stereocenters. The molecule has 0 fully saturated rings. The molecule has 0 spiro atoms. The van der Waals surface area contributed by atoms with Crippen LogP contribution in [0.15, 0.2) is 18.2 Å². The Morgan fingerprint density at radius 1 is 1.42 bits per heavy atom. The van der Waals surface area contributed by atoms with Crippen LogP contribution in [0.5, 0.6) is 0 Å². The van der Waals surface area contributed by atoms with E-state index in [1.165, 1.54) is 0 Å². The predicted octanol–water partition coefficient (Wildman–Crippen LogP) is 1.92. The first-order chi connectivity index (χ1) is 8.95. The predicted molar refractivity (Wildman–Crippen MR) is 76.6 cm³/mol. The maximum absolute atomic E-state index is 12.2. The molecule has 1 rings (SSSR count). The van der Waals surface area contributed by atoms with Crippen molar-refractivity contribution < 1.29 is 14.3 Å². The summed E-state index contributed by atoms with van der Waals surface area (Å²) in [5.74, 6) is -0.361. The van der Waals surface area contributed by atoms with Crippen LogP contribution in [0.25, 0.3) is 0 Å². The lowest BCUT2D eigenvalue weighted by Crippen LogP contribution is -2.20. The third kappa shape index (κ3) is 4.44. The van der Waals surface area contributed by atoms with E-state index in [0.29, 0.717) is 24.3 Å². The SMILES string of the molecule is COCCC(C)OC(=O)c1cc(N)ccc1N(C)C. The Morgan fingerprint density at radius 2 is 2.11 bits per heavy atom. The zero-order chi connectivity index (χ0) is 14.4. The van der Waals surface area contributed by atoms with E-state index in [4.69, 9.17) is 15.2 Å². The summed E-state index contributed by atoms with van der Waals surface area (Å²) < 4.78 is 10.3. The molecule has 19 heavy (non-hydrogen) atoms. The molecule has 0 saturated carbocycles. The molecule has 0 heterocycles. The van der Waals surface area contributed by atoms with E-state index in [1.807, 2.05) is 32.0 Å². The smallest absolute Gasteiger partial charge is 0.340 e. The lowest BCUT2D eigenvalue weighted by molar-refractivity contribution is 0.0267. The highest BCUT2D eigenvalue weighted by Crippen LogP contribution is 2.23. The van der Waals surface area contributed by atoms with Crippen LogP contribution in [0.2, 0.25) is 0 Å². The van der Waals surface area contributed by atoms with Crippen LogP contribution < -0.4 is 10.6 Å². The number of anilines is 2. The Morgan fingerprint density at radius 3 is 2.68 bits per heavy atom. The van der Waals surface area contributed by atoms with Crippen molar-refractivity contribution in [3.63, 3.8) is 0 Å². The Labute approximate surface area is 114 Å². The van der Waals surface area contributed by atoms with Crippen molar-refractivity contribution in [3.8, 4) is 0 Å². The van der Waals surface area contributed by atoms with E-state index in [2.05, 4.69) is 0 Å². The standard InChI is InChI=1S/C14H22N2O3/c1-10(7-8-18-4)19-14(17)12-9-11(15)5-6-13(12)16(2)3/h5-6,9-10H,7-8,15H2,1-4H3. The number of hydrogen-bond donors (Lipinski definition) is 1. The van der Waals surface area contributed by atoms with Crippen LogP contribution in [0.4, 0.5) is 11.4 Å². The molecule has 0 radical (unpaired) electrons. The number of nitrogens with two attached hydrogens (primary N) is 1. The van der Waals surface area contributed by atoms with Gasteiger partial charge in [-0.15, -0.1) is 0 Å². The third-order valence-corrected chi connectivity index (χ3v) is 2.76. The molecule has 1 aromatic carbocycles. The molecule has 0 bridgehead atoms. The fourth-order valence-corrected chi connectivity index (χ4v) is 1.70. The number of nitrogens with zero attached hydrogens (tertiary/aromatic N) is 1. The second-order valence-electron chi connectivity index (χ2n) is 4.67. The van der Waals surface area contributed by atoms with Gasteiger partial charge < -0.3 is 20.1 Å². The molecule has 0 amide bonds. The second-order valence-corrected chi connectivity index (χ2v) is 4.67. The molecule has 1 aromatic rings. The number of ether oxygens (including phenoxy) is 2. The molecule has 5 nitrogen and oxygen atoms in total. The van der Waals surface area contributed by atoms with E-state index in [0.717, 1.165) is 5.69 Å². The summed E-state index contributed by atoms with van der Waals surface area (Å²) in [5, 5.41) is 0. The first-order valence-electron chi connectivity index (χ1n) is 6.22. The maximum Gasteiger partial charge on any atom is 0.340 e. The highest BCUT2D eigenvalue weighted by atomic mass is 16.5. The summed E-state index contributed by atoms with van der Waals surface area (Å²) in [5.41, 5.74) is 7.54. The van der Waals surface area contributed by atoms with Crippen LogP contribution in [0.1, 0.15) is 23.7 Å². The van der Waals surface area contributed by atoms with E-state index in [1.54, 1.807) is 19.2 Å². The molecule has 0 aliphatic carbocycles. The molecule has 0 saturated heterocycles. The quantitative estimate of drug-likeness (QED) is 0.629. The van der Waals surface area contributed by atoms with Gasteiger partial charge in [-0.25, -0.2) is 4.79 Å². The normalized spacial score (nSPS) is 12.0. The molecular formula is C14H22N2O3. The van der Waals surface area contributed by atoms with Gasteiger partial charge in [0.2, 0.25) is 0 Å². The molecule has 0 aliphatic rings. The maximum atomic E-state index is 12.2. The average Bonchev–Trinajstić information content (AvgIpc) is 2.35. The van der Waals surface area contributed by atoms with E-state index in [9.17, 15) is 4.79 Å². The highest BCUT2D eigenvalue weighted by Gasteiger charge is 2.17. The fourth-order valence-electron chi connectivity index (χ4n) is 1.70. The molecule has 2 N–H and O–H groups in total. The summed E-state index contributed by atoms with van der Waals surface area (Å²) in [6.07, 6.45) is 0.478. The summed E-state index contributed by atoms with van der Waals surface area (Å²) in [6, 6.07) is 5.22. The zero-order valence-electron chi connectivity index (χ0n) is 12.0. The highest BCUT2D eigenvalue weighted by molar-refractivity contribution is 5.97. The fraction of sp³-hybridized carbons (Fsp3) is 0.500. The molecule has 1 atom stereocenters. The van der Waals surface area contributed by atoms with Crippen molar-refractivity contribution in [3.05, 3.63) is 23.8 Å². The Balaban J connectivity index is 2.83. The van der Waals surface area contributed by atoms with Crippen molar-refractivity contribution in [2.24, 2.45) is 0 Å². The van der Waals surface area contributed by atoms with Gasteiger partial charge in [0.1, 0.15) is 6.10 Å². The molecule has 106 valence electrons. The van der Waals surface area contributed by atoms with Gasteiger partial charge in [0.25, 0.3) is 0 Å². The van der Waals surface area contributed by atoms with Gasteiger partial charge in [0.15, 0.2) is 0 Å². The number of nitrogen functional groups attached to an aromatic ring is 1. The Hall–Kier alpha value is -1.75. The van der Waals surface area contributed by atoms with Crippen LogP contribution in [0.3, 0.4) is 0 Å². The van der Waals surface area contributed by atoms with Gasteiger partial charge in [0.05, 0.1) is 11.3 Å². The summed E-state index contributed by atoms with van der Waals surface area (Å²) in [7, 11) is 5.36. The number of methoxy groups -OCH3 is 1. The molecule has 0 aliphatic heterocycles. The average molecular weight is 266 g/mol. The first-order valence-corrected chi connectivity index (χ1v) is 6.22. The minimum atomic E-state index is -0.361. The lowest BCUT2D eigenvalue weighted by atomic mass is 10.1. The number of carbonyl (C=O) groups is 1. The monoisotopic (exact) mass is 266 g/mol. The van der Waals surface area contributed by atoms with Crippen molar-refractivity contribution in [1.29, 1.82) is 0 Å². The molecule has 0 aromatic heterocycles. The van der Waals surface area contributed by atoms with Crippen LogP contribution in [-0.2, 0) is 9.47 Å². The Bertz CT molecular complexity index is 433. The van der Waals surface area contributed by atoms with Gasteiger partial charge in [-0.1, -0.05) is 0 Å². The van der Waals surface area contributed by atoms with Crippen LogP contribution in [-0.4, -0.2) is 39.9 Å². The van der Waals surface area contributed by atoms with Crippen LogP contribution >= 0.6 is 0 Å². The minimum Gasteiger partial charge on any atom is -0.459 e. The van der Waals surface area contributed by atoms with Gasteiger partial charge in [-0.2, -0.15) is 0 Å². The number of rotatable bonds is 6. The van der Waals surface area contributed by atoms with E-state index in [-0.39, 0.29) is 12.1 Å². The Kier molecular flexibility index (Phi) is 5.63. The van der Waals surface area contributed by atoms with Gasteiger partial charge in [-0.3, -0.25) is 0 Å². The minimum absolute atomic E-state index is 0.191. The summed E-state index contributed by atoms with van der Waals surface area (Å²) in [6.45, 7) is 2.41. The lowest BCUT2D eigenvalue weighted by Gasteiger charge is -2.19. The third-order valence-electron chi connectivity index (χ3n) is 2.76. The van der Waals surface area contributed by atoms with E-state index < -0.39 is 0 Å². The van der Waals surface area contributed by atoms with Crippen molar-refractivity contribution in [2.45, 2.75) is 19.4 Å². The molecule has 5 heteroatoms. The van der Waals surface area contributed by atoms with Gasteiger partial charge in [0, 0.05) is 39.9 Å².